The Morgan fingerprint density at radius 2 is 1.90 bits per heavy atom. The first kappa shape index (κ1) is 23.7. The first-order valence-corrected chi connectivity index (χ1v) is 10.7. The Bertz CT molecular complexity index is 680. The fraction of sp³-hybridized carbons (Fsp3) is 0.609. The highest BCUT2D eigenvalue weighted by atomic mass is 35.5. The highest BCUT2D eigenvalue weighted by Gasteiger charge is 2.41. The van der Waals surface area contributed by atoms with Crippen molar-refractivity contribution >= 4 is 17.6 Å². The Balaban J connectivity index is 1.86. The summed E-state index contributed by atoms with van der Waals surface area (Å²) in [6, 6.07) is 4.07. The van der Waals surface area contributed by atoms with Crippen molar-refractivity contribution in [1.82, 2.24) is 0 Å². The summed E-state index contributed by atoms with van der Waals surface area (Å²) in [5.41, 5.74) is 3.65. The van der Waals surface area contributed by atoms with Crippen molar-refractivity contribution in [2.45, 2.75) is 57.9 Å². The van der Waals surface area contributed by atoms with Gasteiger partial charge in [0.15, 0.2) is 0 Å². The number of allylic oxidation sites excluding steroid dienone is 2. The zero-order valence-corrected chi connectivity index (χ0v) is 18.3. The first-order valence-electron chi connectivity index (χ1n) is 10.3. The lowest BCUT2D eigenvalue weighted by molar-refractivity contribution is -0.144. The maximum absolute atomic E-state index is 11.4. The van der Waals surface area contributed by atoms with Crippen molar-refractivity contribution in [1.29, 1.82) is 0 Å². The molecule has 0 radical (unpaired) electrons. The van der Waals surface area contributed by atoms with Crippen molar-refractivity contribution in [3.63, 3.8) is 0 Å². The maximum atomic E-state index is 11.4. The van der Waals surface area contributed by atoms with Crippen LogP contribution in [0.15, 0.2) is 24.3 Å². The quantitative estimate of drug-likeness (QED) is 0.339. The van der Waals surface area contributed by atoms with E-state index >= 15 is 0 Å². The molecule has 162 valence electrons. The summed E-state index contributed by atoms with van der Waals surface area (Å²) < 4.78 is 10.9. The molecule has 0 heterocycles. The van der Waals surface area contributed by atoms with Gasteiger partial charge in [-0.2, -0.15) is 0 Å². The fourth-order valence-corrected chi connectivity index (χ4v) is 4.24. The zero-order valence-electron chi connectivity index (χ0n) is 17.6. The van der Waals surface area contributed by atoms with E-state index in [1.54, 1.807) is 0 Å². The number of carbonyl (C=O) groups excluding carboxylic acids is 1. The van der Waals surface area contributed by atoms with Gasteiger partial charge < -0.3 is 19.7 Å². The number of esters is 1. The number of carbonyl (C=O) groups is 1. The van der Waals surface area contributed by atoms with E-state index in [9.17, 15) is 9.90 Å². The Morgan fingerprint density at radius 3 is 2.55 bits per heavy atom. The van der Waals surface area contributed by atoms with Crippen LogP contribution in [0.25, 0.3) is 0 Å². The third-order valence-corrected chi connectivity index (χ3v) is 6.26. The van der Waals surface area contributed by atoms with Gasteiger partial charge >= 0.3 is 5.97 Å². The van der Waals surface area contributed by atoms with Gasteiger partial charge in [0.25, 0.3) is 0 Å². The normalized spacial score (nSPS) is 24.2. The summed E-state index contributed by atoms with van der Waals surface area (Å²) in [6.45, 7) is 6.55. The van der Waals surface area contributed by atoms with Crippen molar-refractivity contribution < 1.29 is 24.5 Å². The zero-order chi connectivity index (χ0) is 21.4. The van der Waals surface area contributed by atoms with E-state index in [4.69, 9.17) is 26.2 Å². The topological polar surface area (TPSA) is 76.0 Å². The number of hydrogen-bond acceptors (Lipinski definition) is 5. The molecule has 1 saturated carbocycles. The Hall–Kier alpha value is -1.56. The summed E-state index contributed by atoms with van der Waals surface area (Å²) in [4.78, 5) is 11.4. The molecule has 1 aromatic carbocycles. The lowest BCUT2D eigenvalue weighted by atomic mass is 9.92. The van der Waals surface area contributed by atoms with E-state index in [1.165, 1.54) is 16.7 Å². The molecule has 0 amide bonds. The van der Waals surface area contributed by atoms with Crippen molar-refractivity contribution in [2.24, 2.45) is 11.8 Å². The molecule has 0 spiro atoms. The Morgan fingerprint density at radius 1 is 1.21 bits per heavy atom. The summed E-state index contributed by atoms with van der Waals surface area (Å²) in [5, 5.41) is 19.0. The second-order valence-corrected chi connectivity index (χ2v) is 8.39. The number of benzene rings is 1. The van der Waals surface area contributed by atoms with E-state index in [2.05, 4.69) is 20.8 Å². The Kier molecular flexibility index (Phi) is 9.47. The number of rotatable bonds is 10. The number of halogens is 1. The number of aryl methyl sites for hydroxylation is 2. The molecule has 0 aliphatic heterocycles. The van der Waals surface area contributed by atoms with Crippen LogP contribution < -0.4 is 4.74 Å². The van der Waals surface area contributed by atoms with Crippen LogP contribution in [0.5, 0.6) is 5.75 Å². The van der Waals surface area contributed by atoms with Gasteiger partial charge in [-0.1, -0.05) is 12.2 Å². The molecule has 1 fully saturated rings. The summed E-state index contributed by atoms with van der Waals surface area (Å²) in [5.74, 6) is 0.604. The molecule has 1 aliphatic rings. The van der Waals surface area contributed by atoms with Crippen LogP contribution in [-0.2, 0) is 9.53 Å². The number of aliphatic hydroxyl groups is 2. The third kappa shape index (κ3) is 7.02. The molecule has 0 unspecified atom stereocenters. The molecule has 4 atom stereocenters. The number of ether oxygens (including phenoxy) is 2. The monoisotopic (exact) mass is 424 g/mol. The summed E-state index contributed by atoms with van der Waals surface area (Å²) in [6.07, 6.45) is 5.65. The lowest BCUT2D eigenvalue weighted by Gasteiger charge is -2.23. The molecule has 0 aromatic heterocycles. The van der Waals surface area contributed by atoms with Gasteiger partial charge in [0.2, 0.25) is 0 Å². The van der Waals surface area contributed by atoms with Crippen LogP contribution in [0.2, 0.25) is 0 Å². The smallest absolute Gasteiger partial charge is 0.306 e. The van der Waals surface area contributed by atoms with E-state index in [0.717, 1.165) is 12.2 Å². The van der Waals surface area contributed by atoms with Gasteiger partial charge in [-0.25, -0.2) is 0 Å². The molecule has 6 heteroatoms. The van der Waals surface area contributed by atoms with Crippen LogP contribution in [0.1, 0.15) is 42.4 Å². The standard InChI is InChI=1S/C23H33ClO5/c1-15-11-18(12-16(2)17(15)3)29-14-20-19(21(24)13-22(20)26)7-5-4-6-8-23(27)28-10-9-25/h4-5,11-12,19-22,25-26H,6-10,13-14H2,1-3H3/b5-4-/t19-,20-,21-,22-/m1/s1. The molecule has 0 bridgehead atoms. The molecule has 1 aromatic rings. The predicted octanol–water partition coefficient (Wildman–Crippen LogP) is 3.86. The molecule has 2 rings (SSSR count). The van der Waals surface area contributed by atoms with E-state index in [-0.39, 0.29) is 42.8 Å². The minimum absolute atomic E-state index is 0.0291. The van der Waals surface area contributed by atoms with E-state index in [1.807, 2.05) is 24.3 Å². The third-order valence-electron chi connectivity index (χ3n) is 5.76. The average molecular weight is 425 g/mol. The second kappa shape index (κ2) is 11.6. The minimum atomic E-state index is -0.475. The molecule has 29 heavy (non-hydrogen) atoms. The highest BCUT2D eigenvalue weighted by Crippen LogP contribution is 2.39. The molecule has 0 saturated heterocycles. The van der Waals surface area contributed by atoms with Gasteiger partial charge in [-0.15, -0.1) is 11.6 Å². The van der Waals surface area contributed by atoms with Gasteiger partial charge in [0, 0.05) is 17.7 Å². The van der Waals surface area contributed by atoms with Crippen molar-refractivity contribution in [3.05, 3.63) is 41.0 Å². The van der Waals surface area contributed by atoms with Crippen molar-refractivity contribution in [2.75, 3.05) is 19.8 Å². The molecule has 1 aliphatic carbocycles. The van der Waals surface area contributed by atoms with Crippen LogP contribution in [0.4, 0.5) is 0 Å². The molecule has 5 nitrogen and oxygen atoms in total. The van der Waals surface area contributed by atoms with Crippen molar-refractivity contribution in [3.8, 4) is 5.75 Å². The lowest BCUT2D eigenvalue weighted by Crippen LogP contribution is -2.27. The maximum Gasteiger partial charge on any atom is 0.306 e. The van der Waals surface area contributed by atoms with Gasteiger partial charge in [-0.3, -0.25) is 4.79 Å². The van der Waals surface area contributed by atoms with E-state index < -0.39 is 6.10 Å². The van der Waals surface area contributed by atoms with Gasteiger partial charge in [-0.05, 0) is 74.8 Å². The van der Waals surface area contributed by atoms with Gasteiger partial charge in [0.1, 0.15) is 12.4 Å². The number of alkyl halides is 1. The van der Waals surface area contributed by atoms with Crippen LogP contribution in [-0.4, -0.2) is 47.5 Å². The molecular weight excluding hydrogens is 392 g/mol. The van der Waals surface area contributed by atoms with Crippen LogP contribution in [0, 0.1) is 32.6 Å². The Labute approximate surface area is 178 Å². The van der Waals surface area contributed by atoms with Crippen LogP contribution in [0.3, 0.4) is 0 Å². The number of hydrogen-bond donors (Lipinski definition) is 2. The first-order chi connectivity index (χ1) is 13.8. The molecule has 2 N–H and O–H groups in total. The second-order valence-electron chi connectivity index (χ2n) is 7.83. The summed E-state index contributed by atoms with van der Waals surface area (Å²) in [7, 11) is 0. The average Bonchev–Trinajstić information content (AvgIpc) is 2.94. The fourth-order valence-electron chi connectivity index (χ4n) is 3.77. The summed E-state index contributed by atoms with van der Waals surface area (Å²) >= 11 is 6.49. The van der Waals surface area contributed by atoms with E-state index in [0.29, 0.717) is 19.4 Å². The largest absolute Gasteiger partial charge is 0.493 e. The minimum Gasteiger partial charge on any atom is -0.493 e. The SMILES string of the molecule is Cc1cc(OC[C@@H]2[C@@H](C/C=C\CCC(=O)OCCO)[C@H](Cl)C[C@H]2O)cc(C)c1C. The van der Waals surface area contributed by atoms with Crippen LogP contribution >= 0.6 is 11.6 Å². The predicted molar refractivity (Wildman–Crippen MR) is 114 cm³/mol. The molecular formula is C23H33ClO5. The highest BCUT2D eigenvalue weighted by molar-refractivity contribution is 6.21. The number of aliphatic hydroxyl groups excluding tert-OH is 2. The van der Waals surface area contributed by atoms with Gasteiger partial charge in [0.05, 0.1) is 19.3 Å².